The quantitative estimate of drug-likeness (QED) is 0.781. The number of nitrogens with one attached hydrogen (secondary N) is 1. The van der Waals surface area contributed by atoms with Crippen molar-refractivity contribution in [2.75, 3.05) is 6.54 Å². The molecule has 0 bridgehead atoms. The van der Waals surface area contributed by atoms with E-state index in [1.165, 1.54) is 11.1 Å². The molecule has 1 atom stereocenters. The average molecular weight is 345 g/mol. The number of hydrogen-bond donors (Lipinski definition) is 1. The zero-order valence-electron chi connectivity index (χ0n) is 10.1. The number of benzene rings is 1. The molecule has 96 valence electrons. The van der Waals surface area contributed by atoms with Gasteiger partial charge in [-0.25, -0.2) is 0 Å². The molecule has 2 rings (SSSR count). The van der Waals surface area contributed by atoms with Crippen LogP contribution in [0.4, 0.5) is 0 Å². The van der Waals surface area contributed by atoms with Crippen LogP contribution in [0.2, 0.25) is 5.02 Å². The second-order valence-electron chi connectivity index (χ2n) is 4.12. The fraction of sp³-hybridized carbons (Fsp3) is 0.286. The van der Waals surface area contributed by atoms with Crippen LogP contribution in [0.15, 0.2) is 39.5 Å². The number of thiophene rings is 1. The number of halogens is 2. The van der Waals surface area contributed by atoms with E-state index < -0.39 is 0 Å². The lowest BCUT2D eigenvalue weighted by Gasteiger charge is -2.18. The highest BCUT2D eigenvalue weighted by molar-refractivity contribution is 9.10. The second-order valence-corrected chi connectivity index (χ2v) is 6.16. The van der Waals surface area contributed by atoms with Crippen molar-refractivity contribution in [2.45, 2.75) is 19.4 Å². The SMILES string of the molecule is CCCNC(c1ccsc1)c1ccc(Br)c(Cl)c1. The van der Waals surface area contributed by atoms with Crippen LogP contribution in [0, 0.1) is 0 Å². The zero-order valence-corrected chi connectivity index (χ0v) is 13.3. The van der Waals surface area contributed by atoms with Crippen LogP contribution in [0.3, 0.4) is 0 Å². The van der Waals surface area contributed by atoms with Gasteiger partial charge in [-0.15, -0.1) is 0 Å². The maximum absolute atomic E-state index is 6.18. The van der Waals surface area contributed by atoms with Gasteiger partial charge in [-0.2, -0.15) is 11.3 Å². The molecule has 0 amide bonds. The van der Waals surface area contributed by atoms with Gasteiger partial charge in [-0.1, -0.05) is 24.6 Å². The molecule has 0 fully saturated rings. The molecule has 1 N–H and O–H groups in total. The second kappa shape index (κ2) is 6.71. The van der Waals surface area contributed by atoms with Crippen molar-refractivity contribution in [3.63, 3.8) is 0 Å². The van der Waals surface area contributed by atoms with Crippen LogP contribution in [0.1, 0.15) is 30.5 Å². The molecule has 1 aromatic heterocycles. The first kappa shape index (κ1) is 14.1. The van der Waals surface area contributed by atoms with Crippen molar-refractivity contribution >= 4 is 38.9 Å². The van der Waals surface area contributed by atoms with Crippen LogP contribution < -0.4 is 5.32 Å². The van der Waals surface area contributed by atoms with E-state index in [1.807, 2.05) is 12.1 Å². The molecule has 0 spiro atoms. The van der Waals surface area contributed by atoms with E-state index in [-0.39, 0.29) is 6.04 Å². The largest absolute Gasteiger partial charge is 0.306 e. The number of hydrogen-bond acceptors (Lipinski definition) is 2. The first-order valence-corrected chi connectivity index (χ1v) is 8.04. The highest BCUT2D eigenvalue weighted by Gasteiger charge is 2.14. The molecule has 0 saturated carbocycles. The van der Waals surface area contributed by atoms with E-state index in [1.54, 1.807) is 11.3 Å². The predicted molar refractivity (Wildman–Crippen MR) is 83.6 cm³/mol. The summed E-state index contributed by atoms with van der Waals surface area (Å²) in [6.07, 6.45) is 1.12. The third-order valence-electron chi connectivity index (χ3n) is 2.75. The van der Waals surface area contributed by atoms with E-state index in [0.29, 0.717) is 0 Å². The Balaban J connectivity index is 2.30. The molecule has 0 aliphatic rings. The topological polar surface area (TPSA) is 12.0 Å². The normalized spacial score (nSPS) is 12.6. The summed E-state index contributed by atoms with van der Waals surface area (Å²) >= 11 is 11.3. The molecule has 0 aliphatic heterocycles. The van der Waals surface area contributed by atoms with E-state index >= 15 is 0 Å². The lowest BCUT2D eigenvalue weighted by molar-refractivity contribution is 0.600. The Labute approximate surface area is 125 Å². The summed E-state index contributed by atoms with van der Waals surface area (Å²) in [5.74, 6) is 0. The van der Waals surface area contributed by atoms with Crippen molar-refractivity contribution in [1.82, 2.24) is 5.32 Å². The van der Waals surface area contributed by atoms with Gasteiger partial charge in [0, 0.05) is 4.47 Å². The van der Waals surface area contributed by atoms with Gasteiger partial charge >= 0.3 is 0 Å². The van der Waals surface area contributed by atoms with Crippen molar-refractivity contribution in [3.05, 3.63) is 55.6 Å². The minimum Gasteiger partial charge on any atom is -0.306 e. The molecule has 0 aliphatic carbocycles. The minimum atomic E-state index is 0.224. The van der Waals surface area contributed by atoms with E-state index in [0.717, 1.165) is 22.5 Å². The molecule has 18 heavy (non-hydrogen) atoms. The first-order chi connectivity index (χ1) is 8.72. The fourth-order valence-electron chi connectivity index (χ4n) is 1.85. The van der Waals surface area contributed by atoms with Gasteiger partial charge in [0.15, 0.2) is 0 Å². The molecular weight excluding hydrogens is 330 g/mol. The van der Waals surface area contributed by atoms with Crippen LogP contribution in [0.25, 0.3) is 0 Å². The van der Waals surface area contributed by atoms with E-state index in [4.69, 9.17) is 11.6 Å². The Bertz CT molecular complexity index is 499. The van der Waals surface area contributed by atoms with Crippen LogP contribution in [0.5, 0.6) is 0 Å². The predicted octanol–water partition coefficient (Wildman–Crippen LogP) is 5.25. The van der Waals surface area contributed by atoms with Gasteiger partial charge in [0.25, 0.3) is 0 Å². The zero-order chi connectivity index (χ0) is 13.0. The van der Waals surface area contributed by atoms with E-state index in [2.05, 4.69) is 51.1 Å². The molecule has 0 saturated heterocycles. The maximum atomic E-state index is 6.18. The van der Waals surface area contributed by atoms with E-state index in [9.17, 15) is 0 Å². The van der Waals surface area contributed by atoms with Gasteiger partial charge < -0.3 is 5.32 Å². The molecular formula is C14H15BrClNS. The van der Waals surface area contributed by atoms with Crippen LogP contribution in [-0.4, -0.2) is 6.54 Å². The summed E-state index contributed by atoms with van der Waals surface area (Å²) in [6, 6.07) is 8.53. The number of rotatable bonds is 5. The maximum Gasteiger partial charge on any atom is 0.0585 e. The Morgan fingerprint density at radius 1 is 1.33 bits per heavy atom. The van der Waals surface area contributed by atoms with Crippen LogP contribution in [-0.2, 0) is 0 Å². The Morgan fingerprint density at radius 2 is 2.17 bits per heavy atom. The highest BCUT2D eigenvalue weighted by Crippen LogP contribution is 2.30. The van der Waals surface area contributed by atoms with Gasteiger partial charge in [0.05, 0.1) is 11.1 Å². The van der Waals surface area contributed by atoms with Crippen LogP contribution >= 0.6 is 38.9 Å². The van der Waals surface area contributed by atoms with Gasteiger partial charge in [-0.05, 0) is 69.0 Å². The molecule has 1 aromatic carbocycles. The highest BCUT2D eigenvalue weighted by atomic mass is 79.9. The van der Waals surface area contributed by atoms with Gasteiger partial charge in [-0.3, -0.25) is 0 Å². The summed E-state index contributed by atoms with van der Waals surface area (Å²) in [5.41, 5.74) is 2.50. The summed E-state index contributed by atoms with van der Waals surface area (Å²) in [5, 5.41) is 8.61. The summed E-state index contributed by atoms with van der Waals surface area (Å²) in [6.45, 7) is 3.17. The third kappa shape index (κ3) is 3.35. The lowest BCUT2D eigenvalue weighted by Crippen LogP contribution is -2.22. The molecule has 1 heterocycles. The summed E-state index contributed by atoms with van der Waals surface area (Å²) in [7, 11) is 0. The van der Waals surface area contributed by atoms with Gasteiger partial charge in [0.2, 0.25) is 0 Å². The smallest absolute Gasteiger partial charge is 0.0585 e. The molecule has 0 radical (unpaired) electrons. The fourth-order valence-corrected chi connectivity index (χ4v) is 2.97. The Kier molecular flexibility index (Phi) is 5.25. The Hall–Kier alpha value is -0.350. The minimum absolute atomic E-state index is 0.224. The summed E-state index contributed by atoms with van der Waals surface area (Å²) < 4.78 is 0.937. The van der Waals surface area contributed by atoms with Crippen molar-refractivity contribution in [2.24, 2.45) is 0 Å². The molecule has 1 nitrogen and oxygen atoms in total. The third-order valence-corrected chi connectivity index (χ3v) is 4.69. The Morgan fingerprint density at radius 3 is 2.78 bits per heavy atom. The van der Waals surface area contributed by atoms with Crippen molar-refractivity contribution in [3.8, 4) is 0 Å². The molecule has 4 heteroatoms. The monoisotopic (exact) mass is 343 g/mol. The van der Waals surface area contributed by atoms with Gasteiger partial charge in [0.1, 0.15) is 0 Å². The average Bonchev–Trinajstić information content (AvgIpc) is 2.88. The van der Waals surface area contributed by atoms with Crippen molar-refractivity contribution in [1.29, 1.82) is 0 Å². The van der Waals surface area contributed by atoms with Crippen molar-refractivity contribution < 1.29 is 0 Å². The molecule has 1 unspecified atom stereocenters. The summed E-state index contributed by atoms with van der Waals surface area (Å²) in [4.78, 5) is 0. The molecule has 2 aromatic rings. The first-order valence-electron chi connectivity index (χ1n) is 5.92. The lowest BCUT2D eigenvalue weighted by atomic mass is 10.0. The standard InChI is InChI=1S/C14H15BrClNS/c1-2-6-17-14(11-5-7-18-9-11)10-3-4-12(15)13(16)8-10/h3-5,7-9,14,17H,2,6H2,1H3.